The minimum absolute atomic E-state index is 0.0363. The van der Waals surface area contributed by atoms with Gasteiger partial charge in [0.05, 0.1) is 18.3 Å². The lowest BCUT2D eigenvalue weighted by Crippen LogP contribution is -2.49. The molecule has 3 aliphatic rings. The van der Waals surface area contributed by atoms with E-state index in [4.69, 9.17) is 19.4 Å². The number of fused-ring (bicyclic) bond motifs is 2. The number of nitrogens with zero attached hydrogens (tertiary/aromatic N) is 6. The molecule has 10 heteroatoms. The first-order valence-electron chi connectivity index (χ1n) is 15.4. The second-order valence-electron chi connectivity index (χ2n) is 11.7. The van der Waals surface area contributed by atoms with Gasteiger partial charge >= 0.3 is 6.01 Å². The Morgan fingerprint density at radius 1 is 1.12 bits per heavy atom. The van der Waals surface area contributed by atoms with Gasteiger partial charge in [0.1, 0.15) is 17.7 Å². The topological polar surface area (TPSA) is 94.5 Å². The SMILES string of the molecule is C=CC(=O)N1CCN(c2nc(O[C@H](CC)CN3CC[C@@H](OC)C3)nc3c2CCN(c2cc(O)cc4ccccc24)C3)CC1. The predicted molar refractivity (Wildman–Crippen MR) is 168 cm³/mol. The summed E-state index contributed by atoms with van der Waals surface area (Å²) >= 11 is 0. The van der Waals surface area contributed by atoms with Gasteiger partial charge < -0.3 is 29.3 Å². The molecule has 1 aromatic heterocycles. The molecular weight excluding hydrogens is 544 g/mol. The molecule has 0 saturated carbocycles. The molecule has 2 fully saturated rings. The zero-order valence-corrected chi connectivity index (χ0v) is 25.2. The quantitative estimate of drug-likeness (QED) is 0.378. The van der Waals surface area contributed by atoms with Crippen molar-refractivity contribution >= 4 is 28.2 Å². The van der Waals surface area contributed by atoms with Crippen LogP contribution < -0.4 is 14.5 Å². The molecule has 0 spiro atoms. The van der Waals surface area contributed by atoms with Crippen LogP contribution >= 0.6 is 0 Å². The van der Waals surface area contributed by atoms with Gasteiger partial charge in [0.15, 0.2) is 0 Å². The molecule has 2 saturated heterocycles. The number of rotatable bonds is 9. The minimum atomic E-state index is -0.0433. The number of phenols is 1. The summed E-state index contributed by atoms with van der Waals surface area (Å²) in [5.41, 5.74) is 3.07. The molecule has 0 radical (unpaired) electrons. The number of methoxy groups -OCH3 is 1. The Hall–Kier alpha value is -3.89. The molecule has 2 atom stereocenters. The van der Waals surface area contributed by atoms with Crippen molar-refractivity contribution in [2.45, 2.75) is 44.9 Å². The number of carbonyl (C=O) groups excluding carboxylic acids is 1. The molecule has 0 bridgehead atoms. The number of hydrogen-bond acceptors (Lipinski definition) is 9. The van der Waals surface area contributed by atoms with E-state index in [0.717, 1.165) is 79.0 Å². The highest BCUT2D eigenvalue weighted by Gasteiger charge is 2.30. The third-order valence-corrected chi connectivity index (χ3v) is 9.01. The van der Waals surface area contributed by atoms with Crippen LogP contribution in [0.4, 0.5) is 11.5 Å². The van der Waals surface area contributed by atoms with Gasteiger partial charge in [-0.15, -0.1) is 0 Å². The van der Waals surface area contributed by atoms with E-state index in [1.165, 1.54) is 6.08 Å². The van der Waals surface area contributed by atoms with Crippen molar-refractivity contribution in [3.8, 4) is 11.8 Å². The van der Waals surface area contributed by atoms with Crippen molar-refractivity contribution < 1.29 is 19.4 Å². The molecule has 3 aromatic rings. The Balaban J connectivity index is 1.30. The number of anilines is 2. The molecule has 4 heterocycles. The number of phenolic OH excluding ortho intramolecular Hbond substituents is 1. The monoisotopic (exact) mass is 586 g/mol. The maximum absolute atomic E-state index is 12.2. The molecule has 1 N–H and O–H groups in total. The second-order valence-corrected chi connectivity index (χ2v) is 11.7. The molecule has 3 aliphatic heterocycles. The summed E-state index contributed by atoms with van der Waals surface area (Å²) < 4.78 is 12.1. The van der Waals surface area contributed by atoms with Gasteiger partial charge in [-0.1, -0.05) is 37.8 Å². The average molecular weight is 587 g/mol. The van der Waals surface area contributed by atoms with Crippen LogP contribution in [0.25, 0.3) is 10.8 Å². The summed E-state index contributed by atoms with van der Waals surface area (Å²) in [5.74, 6) is 1.12. The number of hydrogen-bond donors (Lipinski definition) is 1. The van der Waals surface area contributed by atoms with Gasteiger partial charge in [0.2, 0.25) is 5.91 Å². The van der Waals surface area contributed by atoms with Crippen LogP contribution in [0.1, 0.15) is 31.0 Å². The number of likely N-dealkylation sites (tertiary alicyclic amines) is 1. The Morgan fingerprint density at radius 3 is 2.67 bits per heavy atom. The van der Waals surface area contributed by atoms with Crippen molar-refractivity contribution in [2.75, 3.05) is 69.3 Å². The normalized spacial score (nSPS) is 19.9. The zero-order valence-electron chi connectivity index (χ0n) is 25.2. The third-order valence-electron chi connectivity index (χ3n) is 9.01. The first-order chi connectivity index (χ1) is 20.9. The van der Waals surface area contributed by atoms with E-state index < -0.39 is 0 Å². The lowest BCUT2D eigenvalue weighted by Gasteiger charge is -2.38. The third kappa shape index (κ3) is 6.26. The molecule has 1 amide bonds. The van der Waals surface area contributed by atoms with Crippen LogP contribution in [0.15, 0.2) is 49.1 Å². The second kappa shape index (κ2) is 12.8. The van der Waals surface area contributed by atoms with Gasteiger partial charge in [-0.2, -0.15) is 9.97 Å². The Bertz CT molecular complexity index is 1470. The average Bonchev–Trinajstić information content (AvgIpc) is 3.50. The van der Waals surface area contributed by atoms with E-state index >= 15 is 0 Å². The largest absolute Gasteiger partial charge is 0.508 e. The number of aromatic nitrogens is 2. The van der Waals surface area contributed by atoms with Gasteiger partial charge in [-0.05, 0) is 36.8 Å². The standard InChI is InChI=1S/C33H42N6O4/c1-4-25(20-36-12-10-26(21-36)42-3)43-33-34-29-22-39(30-19-24(40)18-23-8-6-7-9-27(23)30)13-11-28(29)32(35-33)38-16-14-37(15-17-38)31(41)5-2/h5-9,18-19,25-26,40H,2,4,10-17,20-22H2,1,3H3/t25-,26-/m1/s1. The van der Waals surface area contributed by atoms with E-state index in [9.17, 15) is 9.90 Å². The number of amides is 1. The fourth-order valence-corrected chi connectivity index (χ4v) is 6.55. The summed E-state index contributed by atoms with van der Waals surface area (Å²) in [6, 6.07) is 12.2. The van der Waals surface area contributed by atoms with Crippen molar-refractivity contribution in [3.63, 3.8) is 0 Å². The van der Waals surface area contributed by atoms with Crippen LogP contribution in [-0.4, -0.2) is 102 Å². The molecule has 10 nitrogen and oxygen atoms in total. The van der Waals surface area contributed by atoms with Gasteiger partial charge in [-0.3, -0.25) is 9.69 Å². The van der Waals surface area contributed by atoms with Crippen LogP contribution in [0.5, 0.6) is 11.8 Å². The van der Waals surface area contributed by atoms with E-state index in [1.807, 2.05) is 29.2 Å². The van der Waals surface area contributed by atoms with Crippen LogP contribution in [-0.2, 0) is 22.5 Å². The highest BCUT2D eigenvalue weighted by molar-refractivity contribution is 5.95. The lowest BCUT2D eigenvalue weighted by atomic mass is 10.0. The summed E-state index contributed by atoms with van der Waals surface area (Å²) in [7, 11) is 1.78. The number of carbonyl (C=O) groups is 1. The highest BCUT2D eigenvalue weighted by atomic mass is 16.5. The van der Waals surface area contributed by atoms with E-state index in [1.54, 1.807) is 13.2 Å². The summed E-state index contributed by atoms with van der Waals surface area (Å²) in [6.45, 7) is 12.5. The van der Waals surface area contributed by atoms with Gasteiger partial charge in [0.25, 0.3) is 0 Å². The summed E-state index contributed by atoms with van der Waals surface area (Å²) in [4.78, 5) is 31.0. The fourth-order valence-electron chi connectivity index (χ4n) is 6.55. The van der Waals surface area contributed by atoms with Crippen molar-refractivity contribution in [1.82, 2.24) is 19.8 Å². The Labute approximate surface area is 253 Å². The van der Waals surface area contributed by atoms with Crippen LogP contribution in [0.2, 0.25) is 0 Å². The van der Waals surface area contributed by atoms with E-state index in [-0.39, 0.29) is 23.9 Å². The number of piperazine rings is 1. The van der Waals surface area contributed by atoms with Crippen molar-refractivity contribution in [3.05, 3.63) is 60.3 Å². The molecule has 228 valence electrons. The molecule has 43 heavy (non-hydrogen) atoms. The fraction of sp³-hybridized carbons (Fsp3) is 0.485. The maximum Gasteiger partial charge on any atom is 0.318 e. The summed E-state index contributed by atoms with van der Waals surface area (Å²) in [5, 5.41) is 12.6. The molecule has 6 rings (SSSR count). The first kappa shape index (κ1) is 29.2. The lowest BCUT2D eigenvalue weighted by molar-refractivity contribution is -0.126. The maximum atomic E-state index is 12.2. The summed E-state index contributed by atoms with van der Waals surface area (Å²) in [6.07, 6.45) is 4.26. The minimum Gasteiger partial charge on any atom is -0.508 e. The smallest absolute Gasteiger partial charge is 0.318 e. The molecule has 0 aliphatic carbocycles. The Kier molecular flexibility index (Phi) is 8.67. The number of ether oxygens (including phenoxy) is 2. The van der Waals surface area contributed by atoms with Gasteiger partial charge in [0, 0.05) is 82.2 Å². The molecule has 0 unspecified atom stereocenters. The Morgan fingerprint density at radius 2 is 1.93 bits per heavy atom. The van der Waals surface area contributed by atoms with Crippen molar-refractivity contribution in [1.29, 1.82) is 0 Å². The number of benzene rings is 2. The predicted octanol–water partition coefficient (Wildman–Crippen LogP) is 3.61. The van der Waals surface area contributed by atoms with Crippen LogP contribution in [0.3, 0.4) is 0 Å². The molecular formula is C33H42N6O4. The molecule has 2 aromatic carbocycles. The van der Waals surface area contributed by atoms with Crippen molar-refractivity contribution in [2.24, 2.45) is 0 Å². The highest BCUT2D eigenvalue weighted by Crippen LogP contribution is 2.36. The van der Waals surface area contributed by atoms with Crippen LogP contribution in [0, 0.1) is 0 Å². The zero-order chi connectivity index (χ0) is 29.9. The number of aromatic hydroxyl groups is 1. The van der Waals surface area contributed by atoms with E-state index in [2.05, 4.69) is 34.3 Å². The van der Waals surface area contributed by atoms with E-state index in [0.29, 0.717) is 38.7 Å². The van der Waals surface area contributed by atoms with Gasteiger partial charge in [-0.25, -0.2) is 0 Å². The first-order valence-corrected chi connectivity index (χ1v) is 15.4.